The molecule has 0 aromatic rings. The smallest absolute Gasteiger partial charge is 0.0589 e. The van der Waals surface area contributed by atoms with Gasteiger partial charge in [0.15, 0.2) is 0 Å². The second-order valence-electron chi connectivity index (χ2n) is 8.04. The van der Waals surface area contributed by atoms with Gasteiger partial charge in [0.05, 0.1) is 6.61 Å². The Kier molecular flexibility index (Phi) is 9.71. The first kappa shape index (κ1) is 21.1. The molecule has 1 unspecified atom stereocenters. The SMILES string of the molecule is CC(C)N1CCN2CCCCC2C1.CCN1CCN(CCOC)CC1. The van der Waals surface area contributed by atoms with Gasteiger partial charge in [0, 0.05) is 71.6 Å². The summed E-state index contributed by atoms with van der Waals surface area (Å²) in [7, 11) is 1.77. The predicted molar refractivity (Wildman–Crippen MR) is 106 cm³/mol. The number of piperidine rings is 1. The topological polar surface area (TPSA) is 22.2 Å². The molecule has 0 aromatic heterocycles. The van der Waals surface area contributed by atoms with Crippen molar-refractivity contribution in [2.24, 2.45) is 0 Å². The van der Waals surface area contributed by atoms with Crippen LogP contribution >= 0.6 is 0 Å². The van der Waals surface area contributed by atoms with Gasteiger partial charge in [0.2, 0.25) is 0 Å². The van der Waals surface area contributed by atoms with Crippen LogP contribution in [0.1, 0.15) is 40.0 Å². The zero-order valence-corrected chi connectivity index (χ0v) is 17.3. The van der Waals surface area contributed by atoms with Gasteiger partial charge in [-0.2, -0.15) is 0 Å². The van der Waals surface area contributed by atoms with E-state index in [9.17, 15) is 0 Å². The molecular formula is C20H42N4O. The summed E-state index contributed by atoms with van der Waals surface area (Å²) in [5.41, 5.74) is 0. The van der Waals surface area contributed by atoms with Crippen LogP contribution in [0.5, 0.6) is 0 Å². The number of ether oxygens (including phenoxy) is 1. The molecule has 3 rings (SSSR count). The lowest BCUT2D eigenvalue weighted by Crippen LogP contribution is -2.56. The van der Waals surface area contributed by atoms with Crippen LogP contribution in [0, 0.1) is 0 Å². The van der Waals surface area contributed by atoms with E-state index in [0.29, 0.717) is 0 Å². The van der Waals surface area contributed by atoms with Gasteiger partial charge < -0.3 is 9.64 Å². The quantitative estimate of drug-likeness (QED) is 0.749. The Bertz CT molecular complexity index is 345. The van der Waals surface area contributed by atoms with Gasteiger partial charge in [-0.25, -0.2) is 0 Å². The third kappa shape index (κ3) is 7.14. The third-order valence-corrected chi connectivity index (χ3v) is 6.12. The number of methoxy groups -OCH3 is 1. The van der Waals surface area contributed by atoms with Crippen LogP contribution in [0.15, 0.2) is 0 Å². The zero-order valence-electron chi connectivity index (χ0n) is 17.3. The molecule has 0 saturated carbocycles. The summed E-state index contributed by atoms with van der Waals surface area (Å²) in [6.07, 6.45) is 4.31. The average Bonchev–Trinajstić information content (AvgIpc) is 2.67. The average molecular weight is 355 g/mol. The Hall–Kier alpha value is -0.200. The summed E-state index contributed by atoms with van der Waals surface area (Å²) in [5, 5.41) is 0. The predicted octanol–water partition coefficient (Wildman–Crippen LogP) is 1.84. The largest absolute Gasteiger partial charge is 0.383 e. The first-order valence-corrected chi connectivity index (χ1v) is 10.6. The van der Waals surface area contributed by atoms with Crippen molar-refractivity contribution in [3.63, 3.8) is 0 Å². The number of nitrogens with zero attached hydrogens (tertiary/aromatic N) is 4. The molecule has 0 N–H and O–H groups in total. The Morgan fingerprint density at radius 1 is 0.920 bits per heavy atom. The standard InChI is InChI=1S/C11H22N2.C9H20N2O/c1-10(2)13-8-7-12-6-4-3-5-11(12)9-13;1-3-10-4-6-11(7-5-10)8-9-12-2/h10-11H,3-9H2,1-2H3;3-9H2,1-2H3. The van der Waals surface area contributed by atoms with E-state index < -0.39 is 0 Å². The maximum absolute atomic E-state index is 5.04. The van der Waals surface area contributed by atoms with E-state index in [-0.39, 0.29) is 0 Å². The fourth-order valence-electron chi connectivity index (χ4n) is 4.20. The van der Waals surface area contributed by atoms with E-state index in [1.54, 1.807) is 7.11 Å². The van der Waals surface area contributed by atoms with E-state index in [4.69, 9.17) is 4.74 Å². The Labute approximate surface area is 156 Å². The van der Waals surface area contributed by atoms with Crippen molar-refractivity contribution in [3.8, 4) is 0 Å². The van der Waals surface area contributed by atoms with Crippen molar-refractivity contribution < 1.29 is 4.74 Å². The summed E-state index contributed by atoms with van der Waals surface area (Å²) < 4.78 is 5.04. The van der Waals surface area contributed by atoms with E-state index >= 15 is 0 Å². The summed E-state index contributed by atoms with van der Waals surface area (Å²) >= 11 is 0. The van der Waals surface area contributed by atoms with Crippen LogP contribution in [-0.2, 0) is 4.74 Å². The Balaban J connectivity index is 0.000000181. The minimum Gasteiger partial charge on any atom is -0.383 e. The molecule has 148 valence electrons. The molecule has 0 aromatic carbocycles. The van der Waals surface area contributed by atoms with Crippen LogP contribution in [0.4, 0.5) is 0 Å². The summed E-state index contributed by atoms with van der Waals surface area (Å²) in [5.74, 6) is 0. The second kappa shape index (κ2) is 11.5. The molecule has 5 nitrogen and oxygen atoms in total. The first-order chi connectivity index (χ1) is 12.1. The maximum Gasteiger partial charge on any atom is 0.0589 e. The van der Waals surface area contributed by atoms with Crippen molar-refractivity contribution in [1.29, 1.82) is 0 Å². The van der Waals surface area contributed by atoms with Crippen molar-refractivity contribution >= 4 is 0 Å². The summed E-state index contributed by atoms with van der Waals surface area (Å²) in [6, 6.07) is 1.62. The maximum atomic E-state index is 5.04. The van der Waals surface area contributed by atoms with E-state index in [0.717, 1.165) is 25.2 Å². The molecule has 0 aliphatic carbocycles. The van der Waals surface area contributed by atoms with Gasteiger partial charge in [-0.05, 0) is 39.8 Å². The Morgan fingerprint density at radius 3 is 2.28 bits per heavy atom. The minimum atomic E-state index is 0.740. The molecule has 1 atom stereocenters. The molecule has 5 heteroatoms. The van der Waals surface area contributed by atoms with Crippen molar-refractivity contribution in [2.45, 2.75) is 52.1 Å². The van der Waals surface area contributed by atoms with Gasteiger partial charge in [-0.3, -0.25) is 14.7 Å². The lowest BCUT2D eigenvalue weighted by Gasteiger charge is -2.45. The fourth-order valence-corrected chi connectivity index (χ4v) is 4.20. The number of fused-ring (bicyclic) bond motifs is 1. The van der Waals surface area contributed by atoms with E-state index in [2.05, 4.69) is 40.4 Å². The van der Waals surface area contributed by atoms with E-state index in [1.807, 2.05) is 0 Å². The molecule has 3 saturated heterocycles. The molecule has 0 amide bonds. The number of likely N-dealkylation sites (N-methyl/N-ethyl adjacent to an activating group) is 1. The number of piperazine rings is 2. The second-order valence-corrected chi connectivity index (χ2v) is 8.04. The number of rotatable bonds is 5. The van der Waals surface area contributed by atoms with Crippen LogP contribution in [0.2, 0.25) is 0 Å². The number of hydrogen-bond acceptors (Lipinski definition) is 5. The number of hydrogen-bond donors (Lipinski definition) is 0. The molecule has 0 radical (unpaired) electrons. The molecule has 0 bridgehead atoms. The highest BCUT2D eigenvalue weighted by Gasteiger charge is 2.29. The molecule has 3 aliphatic rings. The van der Waals surface area contributed by atoms with Gasteiger partial charge in [-0.15, -0.1) is 0 Å². The Morgan fingerprint density at radius 2 is 1.64 bits per heavy atom. The zero-order chi connectivity index (χ0) is 18.1. The first-order valence-electron chi connectivity index (χ1n) is 10.6. The summed E-state index contributed by atoms with van der Waals surface area (Å²) in [6.45, 7) is 20.1. The van der Waals surface area contributed by atoms with Crippen molar-refractivity contribution in [1.82, 2.24) is 19.6 Å². The van der Waals surface area contributed by atoms with Crippen molar-refractivity contribution in [2.75, 3.05) is 79.2 Å². The normalized spacial score (nSPS) is 27.0. The molecule has 3 heterocycles. The van der Waals surface area contributed by atoms with Crippen LogP contribution in [-0.4, -0.2) is 111 Å². The highest BCUT2D eigenvalue weighted by Crippen LogP contribution is 2.21. The lowest BCUT2D eigenvalue weighted by molar-refractivity contribution is 0.0348. The van der Waals surface area contributed by atoms with Crippen LogP contribution in [0.3, 0.4) is 0 Å². The molecule has 3 aliphatic heterocycles. The highest BCUT2D eigenvalue weighted by molar-refractivity contribution is 4.85. The van der Waals surface area contributed by atoms with Crippen LogP contribution in [0.25, 0.3) is 0 Å². The van der Waals surface area contributed by atoms with Gasteiger partial charge in [0.25, 0.3) is 0 Å². The highest BCUT2D eigenvalue weighted by atomic mass is 16.5. The summed E-state index contributed by atoms with van der Waals surface area (Å²) in [4.78, 5) is 10.3. The van der Waals surface area contributed by atoms with Gasteiger partial charge in [-0.1, -0.05) is 13.3 Å². The van der Waals surface area contributed by atoms with E-state index in [1.165, 1.54) is 78.2 Å². The third-order valence-electron chi connectivity index (χ3n) is 6.12. The fraction of sp³-hybridized carbons (Fsp3) is 1.00. The molecule has 0 spiro atoms. The lowest BCUT2D eigenvalue weighted by atomic mass is 9.99. The van der Waals surface area contributed by atoms with Crippen LogP contribution < -0.4 is 0 Å². The van der Waals surface area contributed by atoms with Gasteiger partial charge in [0.1, 0.15) is 0 Å². The van der Waals surface area contributed by atoms with Gasteiger partial charge >= 0.3 is 0 Å². The molecular weight excluding hydrogens is 312 g/mol. The minimum absolute atomic E-state index is 0.740. The molecule has 3 fully saturated rings. The molecule has 25 heavy (non-hydrogen) atoms. The van der Waals surface area contributed by atoms with Crippen molar-refractivity contribution in [3.05, 3.63) is 0 Å². The monoisotopic (exact) mass is 354 g/mol.